The molecule has 3 saturated heterocycles. The number of carbonyl (C=O) groups excluding carboxylic acids is 1. The Morgan fingerprint density at radius 2 is 1.27 bits per heavy atom. The van der Waals surface area contributed by atoms with Crippen LogP contribution in [0.5, 0.6) is 46.0 Å². The van der Waals surface area contributed by atoms with Crippen molar-refractivity contribution in [1.82, 2.24) is 0 Å². The molecule has 24 heteroatoms. The molecule has 4 heterocycles. The fourth-order valence-electron chi connectivity index (χ4n) is 7.57. The van der Waals surface area contributed by atoms with E-state index in [1.165, 1.54) is 50.6 Å². The van der Waals surface area contributed by atoms with Gasteiger partial charge in [-0.05, 0) is 42.0 Å². The van der Waals surface area contributed by atoms with E-state index in [0.29, 0.717) is 5.56 Å². The maximum Gasteiger partial charge on any atom is 0.330 e. The molecule has 0 saturated carbocycles. The second-order valence-corrected chi connectivity index (χ2v) is 15.7. The van der Waals surface area contributed by atoms with Crippen molar-refractivity contribution in [3.63, 3.8) is 0 Å². The number of benzene rings is 3. The number of ether oxygens (including phenoxy) is 10. The number of carbonyl (C=O) groups is 1. The van der Waals surface area contributed by atoms with Gasteiger partial charge in [-0.1, -0.05) is 6.07 Å². The number of fused-ring (bicyclic) bond motifs is 1. The molecule has 13 N–H and O–H groups in total. The molecule has 0 aromatic heterocycles. The predicted molar refractivity (Wildman–Crippen MR) is 219 cm³/mol. The third kappa shape index (κ3) is 10.6. The summed E-state index contributed by atoms with van der Waals surface area (Å²) in [4.78, 5) is 12.7. The number of rotatable bonds is 15. The van der Waals surface area contributed by atoms with Crippen LogP contribution in [-0.2, 0) is 38.0 Å². The molecule has 0 spiro atoms. The molecule has 15 unspecified atom stereocenters. The molecular formula is C43H50O24. The van der Waals surface area contributed by atoms with Crippen molar-refractivity contribution in [2.75, 3.05) is 34.0 Å². The largest absolute Gasteiger partial charge is 0.508 e. The zero-order valence-electron chi connectivity index (χ0n) is 35.4. The summed E-state index contributed by atoms with van der Waals surface area (Å²) in [6.45, 7) is -2.05. The molecular weight excluding hydrogens is 900 g/mol. The van der Waals surface area contributed by atoms with Gasteiger partial charge in [0.05, 0.1) is 33.0 Å². The monoisotopic (exact) mass is 950 g/mol. The molecule has 24 nitrogen and oxygen atoms in total. The van der Waals surface area contributed by atoms with Crippen LogP contribution >= 0.6 is 0 Å². The molecule has 366 valence electrons. The number of esters is 1. The summed E-state index contributed by atoms with van der Waals surface area (Å²) in [6, 6.07) is 8.64. The van der Waals surface area contributed by atoms with Crippen LogP contribution in [-0.4, -0.2) is 192 Å². The van der Waals surface area contributed by atoms with Crippen molar-refractivity contribution in [2.24, 2.45) is 0 Å². The minimum atomic E-state index is -1.95. The normalized spacial score (nSPS) is 32.8. The summed E-state index contributed by atoms with van der Waals surface area (Å²) in [5.41, 5.74) is 0.513. The second-order valence-electron chi connectivity index (χ2n) is 15.7. The summed E-state index contributed by atoms with van der Waals surface area (Å²) in [7, 11) is 2.64. The molecule has 7 rings (SSSR count). The van der Waals surface area contributed by atoms with Crippen molar-refractivity contribution >= 4 is 18.1 Å². The smallest absolute Gasteiger partial charge is 0.330 e. The molecule has 4 aliphatic heterocycles. The fourth-order valence-corrected chi connectivity index (χ4v) is 7.57. The van der Waals surface area contributed by atoms with Gasteiger partial charge in [-0.3, -0.25) is 0 Å². The average molecular weight is 951 g/mol. The van der Waals surface area contributed by atoms with E-state index in [2.05, 4.69) is 0 Å². The number of phenolic OH excluding ortho intramolecular Hbond substituents is 5. The lowest BCUT2D eigenvalue weighted by Gasteiger charge is -2.44. The van der Waals surface area contributed by atoms with Crippen molar-refractivity contribution in [3.8, 4) is 46.0 Å². The average Bonchev–Trinajstić information content (AvgIpc) is 3.55. The summed E-state index contributed by atoms with van der Waals surface area (Å²) >= 11 is 0. The first-order valence-corrected chi connectivity index (χ1v) is 20.5. The van der Waals surface area contributed by atoms with E-state index in [4.69, 9.17) is 47.4 Å². The number of aliphatic hydroxyl groups excluding tert-OH is 8. The van der Waals surface area contributed by atoms with E-state index in [0.717, 1.165) is 24.3 Å². The molecule has 0 aliphatic carbocycles. The lowest BCUT2D eigenvalue weighted by molar-refractivity contribution is -0.333. The van der Waals surface area contributed by atoms with E-state index in [1.807, 2.05) is 0 Å². The number of hydrogen-bond donors (Lipinski definition) is 13. The third-order valence-corrected chi connectivity index (χ3v) is 11.3. The molecule has 0 bridgehead atoms. The highest BCUT2D eigenvalue weighted by Crippen LogP contribution is 2.46. The van der Waals surface area contributed by atoms with Crippen LogP contribution in [0.15, 0.2) is 54.3 Å². The van der Waals surface area contributed by atoms with Crippen LogP contribution in [0.25, 0.3) is 12.2 Å². The Kier molecular flexibility index (Phi) is 15.2. The van der Waals surface area contributed by atoms with Crippen molar-refractivity contribution in [1.29, 1.82) is 0 Å². The Balaban J connectivity index is 1.09. The quantitative estimate of drug-likeness (QED) is 0.0448. The van der Waals surface area contributed by atoms with Gasteiger partial charge in [0.2, 0.25) is 12.0 Å². The molecule has 0 amide bonds. The van der Waals surface area contributed by atoms with Gasteiger partial charge in [0.1, 0.15) is 96.8 Å². The fraction of sp³-hybridized carbons (Fsp3) is 0.465. The maximum atomic E-state index is 12.7. The van der Waals surface area contributed by atoms with E-state index in [1.54, 1.807) is 0 Å². The Hall–Kier alpha value is -5.71. The van der Waals surface area contributed by atoms with Crippen LogP contribution in [0.2, 0.25) is 0 Å². The lowest BCUT2D eigenvalue weighted by Crippen LogP contribution is -2.62. The van der Waals surface area contributed by atoms with Crippen LogP contribution in [0.3, 0.4) is 0 Å². The van der Waals surface area contributed by atoms with Gasteiger partial charge < -0.3 is 114 Å². The Morgan fingerprint density at radius 1 is 0.642 bits per heavy atom. The zero-order chi connectivity index (χ0) is 48.4. The highest BCUT2D eigenvalue weighted by atomic mass is 16.7. The summed E-state index contributed by atoms with van der Waals surface area (Å²) < 4.78 is 56.2. The first kappa shape index (κ1) is 49.2. The number of aliphatic hydroxyl groups is 8. The third-order valence-electron chi connectivity index (χ3n) is 11.3. The summed E-state index contributed by atoms with van der Waals surface area (Å²) in [5.74, 6) is -3.22. The standard InChI is InChI=1S/C43H50O24/c1-58-24-7-16(8-25(59-2)31(24)49)3-6-30(48)60-13-28-32(50)35(53)38(56)42(66-28)62-15-29-33(51)36(54)40(61-14-27-34(52)37(55)41(57)64-27)43(67-29)65-26-12-19-21(46)10-18(44)11-23(19)63-39(26)17-4-5-20(45)22(47)9-17/h3-12,27-29,32-47,49-57H,13-15H2,1-2H3. The van der Waals surface area contributed by atoms with E-state index in [9.17, 15) is 71.2 Å². The predicted octanol–water partition coefficient (Wildman–Crippen LogP) is -1.93. The van der Waals surface area contributed by atoms with Gasteiger partial charge in [0.15, 0.2) is 41.7 Å². The van der Waals surface area contributed by atoms with Crippen LogP contribution < -0.4 is 14.2 Å². The van der Waals surface area contributed by atoms with Crippen molar-refractivity contribution in [3.05, 3.63) is 71.0 Å². The Bertz CT molecular complexity index is 2260. The molecule has 3 aromatic carbocycles. The SMILES string of the molecule is COc1cc(C=CC(=O)OCC2OC(OCC3OC(OC4=Cc5c(O)cc(O)cc5OC4c4ccc(O)c(O)c4)C(OCC4OC(O)C(O)C4O)C(O)C3O)C(O)C(O)C2O)cc(OC)c1O. The summed E-state index contributed by atoms with van der Waals surface area (Å²) in [5, 5.41) is 137. The Morgan fingerprint density at radius 3 is 1.93 bits per heavy atom. The highest BCUT2D eigenvalue weighted by molar-refractivity contribution is 5.87. The first-order chi connectivity index (χ1) is 31.9. The van der Waals surface area contributed by atoms with E-state index < -0.39 is 135 Å². The maximum absolute atomic E-state index is 12.7. The number of hydrogen-bond acceptors (Lipinski definition) is 24. The minimum Gasteiger partial charge on any atom is -0.508 e. The number of aromatic hydroxyl groups is 5. The zero-order valence-corrected chi connectivity index (χ0v) is 35.4. The number of methoxy groups -OCH3 is 2. The van der Waals surface area contributed by atoms with Gasteiger partial charge in [0, 0.05) is 23.8 Å². The first-order valence-electron chi connectivity index (χ1n) is 20.5. The van der Waals surface area contributed by atoms with E-state index >= 15 is 0 Å². The summed E-state index contributed by atoms with van der Waals surface area (Å²) in [6.07, 6.45) is -22.2. The Labute approximate surface area is 379 Å². The van der Waals surface area contributed by atoms with Gasteiger partial charge in [-0.25, -0.2) is 4.79 Å². The van der Waals surface area contributed by atoms with E-state index in [-0.39, 0.29) is 45.6 Å². The van der Waals surface area contributed by atoms with Crippen molar-refractivity contribution in [2.45, 2.75) is 92.1 Å². The molecule has 15 atom stereocenters. The molecule has 3 aromatic rings. The highest BCUT2D eigenvalue weighted by Gasteiger charge is 2.51. The molecule has 0 radical (unpaired) electrons. The van der Waals surface area contributed by atoms with Crippen LogP contribution in [0, 0.1) is 0 Å². The second kappa shape index (κ2) is 20.7. The van der Waals surface area contributed by atoms with Gasteiger partial charge in [-0.2, -0.15) is 0 Å². The van der Waals surface area contributed by atoms with Crippen LogP contribution in [0.4, 0.5) is 0 Å². The minimum absolute atomic E-state index is 0.00893. The number of phenols is 5. The molecule has 4 aliphatic rings. The van der Waals surface area contributed by atoms with Gasteiger partial charge >= 0.3 is 5.97 Å². The lowest BCUT2D eigenvalue weighted by atomic mass is 9.97. The molecule has 67 heavy (non-hydrogen) atoms. The van der Waals surface area contributed by atoms with Gasteiger partial charge in [0.25, 0.3) is 0 Å². The molecule has 3 fully saturated rings. The van der Waals surface area contributed by atoms with Crippen molar-refractivity contribution < 1.29 is 119 Å². The van der Waals surface area contributed by atoms with Crippen LogP contribution in [0.1, 0.15) is 22.8 Å². The van der Waals surface area contributed by atoms with Gasteiger partial charge in [-0.15, -0.1) is 0 Å². The topological polar surface area (TPSA) is 372 Å².